The van der Waals surface area contributed by atoms with Crippen molar-refractivity contribution >= 4 is 0 Å². The van der Waals surface area contributed by atoms with Crippen LogP contribution >= 0.6 is 0 Å². The third-order valence-corrected chi connectivity index (χ3v) is 3.32. The first-order valence-electron chi connectivity index (χ1n) is 7.35. The molecule has 1 aromatic rings. The molecule has 2 nitrogen and oxygen atoms in total. The molecule has 0 bridgehead atoms. The molecule has 0 aliphatic carbocycles. The molecule has 19 heavy (non-hydrogen) atoms. The van der Waals surface area contributed by atoms with Gasteiger partial charge in [0.1, 0.15) is 5.75 Å². The van der Waals surface area contributed by atoms with Gasteiger partial charge in [-0.1, -0.05) is 44.9 Å². The molecule has 0 aliphatic heterocycles. The topological polar surface area (TPSA) is 35.2 Å². The molecule has 106 valence electrons. The molecule has 0 spiro atoms. The molecule has 0 aromatic heterocycles. The molecule has 0 aliphatic rings. The van der Waals surface area contributed by atoms with Crippen LogP contribution in [0.5, 0.6) is 5.75 Å². The zero-order valence-electron chi connectivity index (χ0n) is 12.3. The van der Waals surface area contributed by atoms with Gasteiger partial charge in [0.2, 0.25) is 0 Å². The lowest BCUT2D eigenvalue weighted by molar-refractivity contribution is 0.303. The van der Waals surface area contributed by atoms with Gasteiger partial charge in [0.15, 0.2) is 0 Å². The summed E-state index contributed by atoms with van der Waals surface area (Å²) in [5.74, 6) is 0.975. The highest BCUT2D eigenvalue weighted by Crippen LogP contribution is 2.25. The van der Waals surface area contributed by atoms with Gasteiger partial charge in [-0.3, -0.25) is 0 Å². The summed E-state index contributed by atoms with van der Waals surface area (Å²) < 4.78 is 5.87. The molecule has 0 saturated carbocycles. The summed E-state index contributed by atoms with van der Waals surface area (Å²) in [7, 11) is 0. The van der Waals surface area contributed by atoms with Crippen LogP contribution in [0.4, 0.5) is 0 Å². The highest BCUT2D eigenvalue weighted by atomic mass is 16.5. The van der Waals surface area contributed by atoms with Crippen LogP contribution in [0.3, 0.4) is 0 Å². The molecule has 1 rings (SSSR count). The summed E-state index contributed by atoms with van der Waals surface area (Å²) in [5.41, 5.74) is 8.45. The van der Waals surface area contributed by atoms with Crippen LogP contribution in [0, 0.1) is 0 Å². The summed E-state index contributed by atoms with van der Waals surface area (Å²) in [4.78, 5) is 0. The van der Waals surface area contributed by atoms with Gasteiger partial charge in [-0.05, 0) is 36.5 Å². The molecule has 0 fully saturated rings. The second-order valence-corrected chi connectivity index (χ2v) is 4.93. The SMILES string of the molecule is C=CCc1cc(C(N)CC)ccc1OCCCCC. The smallest absolute Gasteiger partial charge is 0.122 e. The van der Waals surface area contributed by atoms with Crippen LogP contribution in [-0.4, -0.2) is 6.61 Å². The summed E-state index contributed by atoms with van der Waals surface area (Å²) in [6, 6.07) is 6.40. The molecule has 2 N–H and O–H groups in total. The Morgan fingerprint density at radius 2 is 2.11 bits per heavy atom. The van der Waals surface area contributed by atoms with E-state index in [2.05, 4.69) is 38.6 Å². The first-order chi connectivity index (χ1) is 9.22. The van der Waals surface area contributed by atoms with E-state index < -0.39 is 0 Å². The summed E-state index contributed by atoms with van der Waals surface area (Å²) in [5, 5.41) is 0. The first-order valence-corrected chi connectivity index (χ1v) is 7.35. The summed E-state index contributed by atoms with van der Waals surface area (Å²) in [6.07, 6.45) is 7.23. The summed E-state index contributed by atoms with van der Waals surface area (Å²) >= 11 is 0. The third-order valence-electron chi connectivity index (χ3n) is 3.32. The van der Waals surface area contributed by atoms with Crippen molar-refractivity contribution in [2.75, 3.05) is 6.61 Å². The van der Waals surface area contributed by atoms with E-state index >= 15 is 0 Å². The van der Waals surface area contributed by atoms with Crippen molar-refractivity contribution < 1.29 is 4.74 Å². The Morgan fingerprint density at radius 3 is 2.74 bits per heavy atom. The van der Waals surface area contributed by atoms with Gasteiger partial charge in [-0.25, -0.2) is 0 Å². The van der Waals surface area contributed by atoms with Gasteiger partial charge in [-0.15, -0.1) is 6.58 Å². The Hall–Kier alpha value is -1.28. The standard InChI is InChI=1S/C17H27NO/c1-4-7-8-12-19-17-11-10-14(16(18)6-3)13-15(17)9-5-2/h5,10-11,13,16H,2,4,6-9,12,18H2,1,3H3. The maximum atomic E-state index is 6.08. The Balaban J connectivity index is 2.76. The Bertz CT molecular complexity index is 387. The molecule has 1 unspecified atom stereocenters. The maximum Gasteiger partial charge on any atom is 0.122 e. The van der Waals surface area contributed by atoms with Crippen molar-refractivity contribution in [2.45, 2.75) is 52.0 Å². The second-order valence-electron chi connectivity index (χ2n) is 4.93. The number of hydrogen-bond donors (Lipinski definition) is 1. The van der Waals surface area contributed by atoms with E-state index in [1.807, 2.05) is 6.08 Å². The Morgan fingerprint density at radius 1 is 1.32 bits per heavy atom. The zero-order chi connectivity index (χ0) is 14.1. The van der Waals surface area contributed by atoms with Crippen LogP contribution in [0.25, 0.3) is 0 Å². The predicted molar refractivity (Wildman–Crippen MR) is 82.6 cm³/mol. The van der Waals surface area contributed by atoms with Crippen molar-refractivity contribution in [3.8, 4) is 5.75 Å². The number of nitrogens with two attached hydrogens (primary N) is 1. The van der Waals surface area contributed by atoms with Crippen LogP contribution in [0.2, 0.25) is 0 Å². The highest BCUT2D eigenvalue weighted by Gasteiger charge is 2.08. The van der Waals surface area contributed by atoms with Crippen molar-refractivity contribution in [3.05, 3.63) is 42.0 Å². The van der Waals surface area contributed by atoms with Crippen molar-refractivity contribution in [1.82, 2.24) is 0 Å². The van der Waals surface area contributed by atoms with Crippen molar-refractivity contribution in [1.29, 1.82) is 0 Å². The number of hydrogen-bond acceptors (Lipinski definition) is 2. The number of unbranched alkanes of at least 4 members (excludes halogenated alkanes) is 2. The Kier molecular flexibility index (Phi) is 7.27. The van der Waals surface area contributed by atoms with E-state index in [1.54, 1.807) is 0 Å². The van der Waals surface area contributed by atoms with Gasteiger partial charge in [0.25, 0.3) is 0 Å². The van der Waals surface area contributed by atoms with Gasteiger partial charge in [0.05, 0.1) is 6.61 Å². The largest absolute Gasteiger partial charge is 0.493 e. The molecule has 1 atom stereocenters. The monoisotopic (exact) mass is 261 g/mol. The average Bonchev–Trinajstić information content (AvgIpc) is 2.44. The van der Waals surface area contributed by atoms with E-state index in [0.29, 0.717) is 0 Å². The van der Waals surface area contributed by atoms with Crippen LogP contribution < -0.4 is 10.5 Å². The minimum atomic E-state index is 0.109. The number of rotatable bonds is 9. The molecule has 1 aromatic carbocycles. The molecule has 0 heterocycles. The molecule has 0 saturated heterocycles. The Labute approximate surface area is 117 Å². The average molecular weight is 261 g/mol. The van der Waals surface area contributed by atoms with Gasteiger partial charge in [-0.2, -0.15) is 0 Å². The number of allylic oxidation sites excluding steroid dienone is 1. The number of ether oxygens (including phenoxy) is 1. The quantitative estimate of drug-likeness (QED) is 0.528. The molecule has 2 heteroatoms. The molecule has 0 radical (unpaired) electrons. The molecular formula is C17H27NO. The second kappa shape index (κ2) is 8.76. The predicted octanol–water partition coefficient (Wildman–Crippen LogP) is 4.39. The fraction of sp³-hybridized carbons (Fsp3) is 0.529. The van der Waals surface area contributed by atoms with Gasteiger partial charge in [0, 0.05) is 6.04 Å². The fourth-order valence-corrected chi connectivity index (χ4v) is 2.06. The first kappa shape index (κ1) is 15.8. The van der Waals surface area contributed by atoms with E-state index in [9.17, 15) is 0 Å². The van der Waals surface area contributed by atoms with Crippen molar-refractivity contribution in [2.24, 2.45) is 5.73 Å². The van der Waals surface area contributed by atoms with Crippen molar-refractivity contribution in [3.63, 3.8) is 0 Å². The van der Waals surface area contributed by atoms with E-state index in [-0.39, 0.29) is 6.04 Å². The lowest BCUT2D eigenvalue weighted by atomic mass is 10.0. The van der Waals surface area contributed by atoms with E-state index in [1.165, 1.54) is 24.0 Å². The van der Waals surface area contributed by atoms with Crippen LogP contribution in [0.15, 0.2) is 30.9 Å². The highest BCUT2D eigenvalue weighted by molar-refractivity contribution is 5.39. The van der Waals surface area contributed by atoms with Gasteiger partial charge >= 0.3 is 0 Å². The zero-order valence-corrected chi connectivity index (χ0v) is 12.3. The normalized spacial score (nSPS) is 12.2. The number of benzene rings is 1. The van der Waals surface area contributed by atoms with Gasteiger partial charge < -0.3 is 10.5 Å². The lowest BCUT2D eigenvalue weighted by Gasteiger charge is -2.15. The third kappa shape index (κ3) is 5.07. The molecule has 0 amide bonds. The lowest BCUT2D eigenvalue weighted by Crippen LogP contribution is -2.09. The minimum Gasteiger partial charge on any atom is -0.493 e. The minimum absolute atomic E-state index is 0.109. The van der Waals surface area contributed by atoms with Crippen LogP contribution in [0.1, 0.15) is 56.7 Å². The van der Waals surface area contributed by atoms with E-state index in [0.717, 1.165) is 31.6 Å². The van der Waals surface area contributed by atoms with E-state index in [4.69, 9.17) is 10.5 Å². The summed E-state index contributed by atoms with van der Waals surface area (Å²) in [6.45, 7) is 8.91. The maximum absolute atomic E-state index is 6.08. The molecular weight excluding hydrogens is 234 g/mol. The van der Waals surface area contributed by atoms with Crippen LogP contribution in [-0.2, 0) is 6.42 Å². The fourth-order valence-electron chi connectivity index (χ4n) is 2.06.